The third-order valence-corrected chi connectivity index (χ3v) is 3.16. The molecule has 2 rings (SSSR count). The second-order valence-corrected chi connectivity index (χ2v) is 4.90. The number of carbonyl (C=O) groups is 2. The van der Waals surface area contributed by atoms with E-state index in [1.165, 1.54) is 0 Å². The molecule has 6 heteroatoms. The number of benzene rings is 2. The molecule has 0 aliphatic heterocycles. The molecule has 0 spiro atoms. The zero-order valence-electron chi connectivity index (χ0n) is 12.4. The van der Waals surface area contributed by atoms with Gasteiger partial charge >= 0.3 is 5.97 Å². The van der Waals surface area contributed by atoms with Gasteiger partial charge in [-0.25, -0.2) is 13.6 Å². The first kappa shape index (κ1) is 16.6. The van der Waals surface area contributed by atoms with Crippen molar-refractivity contribution < 1.29 is 23.1 Å². The largest absolute Gasteiger partial charge is 0.452 e. The summed E-state index contributed by atoms with van der Waals surface area (Å²) in [7, 11) is 0. The van der Waals surface area contributed by atoms with Gasteiger partial charge in [0.2, 0.25) is 0 Å². The van der Waals surface area contributed by atoms with E-state index in [1.54, 1.807) is 6.92 Å². The van der Waals surface area contributed by atoms with E-state index in [4.69, 9.17) is 4.74 Å². The average molecular weight is 319 g/mol. The van der Waals surface area contributed by atoms with Crippen LogP contribution in [0.1, 0.15) is 28.9 Å². The molecule has 0 aliphatic rings. The molecule has 0 saturated heterocycles. The smallest absolute Gasteiger partial charge is 0.341 e. The summed E-state index contributed by atoms with van der Waals surface area (Å²) in [5, 5.41) is 2.65. The van der Waals surface area contributed by atoms with Crippen LogP contribution in [0.4, 0.5) is 8.78 Å². The molecule has 23 heavy (non-hydrogen) atoms. The number of halogens is 2. The number of ether oxygens (including phenoxy) is 1. The Morgan fingerprint density at radius 1 is 1.13 bits per heavy atom. The Labute approximate surface area is 132 Å². The summed E-state index contributed by atoms with van der Waals surface area (Å²) in [5.41, 5.74) is 0.345. The number of rotatable bonds is 5. The molecule has 0 aromatic heterocycles. The maximum atomic E-state index is 13.4. The number of esters is 1. The Morgan fingerprint density at radius 3 is 2.52 bits per heavy atom. The standard InChI is InChI=1S/C17H15F2NO3/c1-11(12-5-3-2-4-6-12)20-16(21)10-23-17(22)14-9-13(18)7-8-15(14)19/h2-9,11H,10H2,1H3,(H,20,21). The van der Waals surface area contributed by atoms with Crippen LogP contribution in [-0.4, -0.2) is 18.5 Å². The molecule has 1 N–H and O–H groups in total. The number of nitrogens with one attached hydrogen (secondary N) is 1. The molecule has 1 atom stereocenters. The lowest BCUT2D eigenvalue weighted by atomic mass is 10.1. The first-order valence-electron chi connectivity index (χ1n) is 6.94. The topological polar surface area (TPSA) is 55.4 Å². The van der Waals surface area contributed by atoms with Crippen LogP contribution < -0.4 is 5.32 Å². The maximum absolute atomic E-state index is 13.4. The summed E-state index contributed by atoms with van der Waals surface area (Å²) in [6.07, 6.45) is 0. The highest BCUT2D eigenvalue weighted by atomic mass is 19.1. The van der Waals surface area contributed by atoms with Gasteiger partial charge in [0.05, 0.1) is 11.6 Å². The highest BCUT2D eigenvalue weighted by molar-refractivity contribution is 5.91. The zero-order valence-corrected chi connectivity index (χ0v) is 12.4. The molecule has 0 radical (unpaired) electrons. The third kappa shape index (κ3) is 4.60. The van der Waals surface area contributed by atoms with Gasteiger partial charge < -0.3 is 10.1 Å². The summed E-state index contributed by atoms with van der Waals surface area (Å²) in [6.45, 7) is 1.20. The molecule has 1 unspecified atom stereocenters. The molecule has 1 amide bonds. The van der Waals surface area contributed by atoms with Crippen molar-refractivity contribution >= 4 is 11.9 Å². The van der Waals surface area contributed by atoms with Gasteiger partial charge in [-0.1, -0.05) is 30.3 Å². The van der Waals surface area contributed by atoms with Crippen LogP contribution in [0.5, 0.6) is 0 Å². The highest BCUT2D eigenvalue weighted by Crippen LogP contribution is 2.12. The summed E-state index contributed by atoms with van der Waals surface area (Å²) in [4.78, 5) is 23.4. The second-order valence-electron chi connectivity index (χ2n) is 4.90. The summed E-state index contributed by atoms with van der Waals surface area (Å²) in [6, 6.07) is 11.4. The van der Waals surface area contributed by atoms with E-state index in [-0.39, 0.29) is 6.04 Å². The van der Waals surface area contributed by atoms with Gasteiger partial charge in [-0.05, 0) is 30.7 Å². The van der Waals surface area contributed by atoms with Crippen LogP contribution in [0.15, 0.2) is 48.5 Å². The third-order valence-electron chi connectivity index (χ3n) is 3.16. The Hall–Kier alpha value is -2.76. The zero-order chi connectivity index (χ0) is 16.8. The van der Waals surface area contributed by atoms with Crippen molar-refractivity contribution in [3.05, 3.63) is 71.3 Å². The van der Waals surface area contributed by atoms with Gasteiger partial charge in [0.15, 0.2) is 6.61 Å². The molecule has 2 aromatic carbocycles. The fraction of sp³-hybridized carbons (Fsp3) is 0.176. The average Bonchev–Trinajstić information content (AvgIpc) is 2.55. The van der Waals surface area contributed by atoms with Crippen LogP contribution in [0, 0.1) is 11.6 Å². The first-order chi connectivity index (χ1) is 11.0. The van der Waals surface area contributed by atoms with Crippen molar-refractivity contribution in [2.24, 2.45) is 0 Å². The Balaban J connectivity index is 1.89. The Kier molecular flexibility index (Phi) is 5.41. The normalized spacial score (nSPS) is 11.6. The van der Waals surface area contributed by atoms with E-state index < -0.39 is 35.7 Å². The van der Waals surface area contributed by atoms with Gasteiger partial charge in [0.25, 0.3) is 5.91 Å². The van der Waals surface area contributed by atoms with Crippen LogP contribution >= 0.6 is 0 Å². The van der Waals surface area contributed by atoms with Crippen molar-refractivity contribution in [2.45, 2.75) is 13.0 Å². The molecule has 0 heterocycles. The lowest BCUT2D eigenvalue weighted by Crippen LogP contribution is -2.31. The lowest BCUT2D eigenvalue weighted by Gasteiger charge is -2.14. The minimum atomic E-state index is -1.09. The first-order valence-corrected chi connectivity index (χ1v) is 6.94. The van der Waals surface area contributed by atoms with Crippen molar-refractivity contribution in [3.63, 3.8) is 0 Å². The highest BCUT2D eigenvalue weighted by Gasteiger charge is 2.16. The SMILES string of the molecule is CC(NC(=O)COC(=O)c1cc(F)ccc1F)c1ccccc1. The van der Waals surface area contributed by atoms with Crippen molar-refractivity contribution in [3.8, 4) is 0 Å². The maximum Gasteiger partial charge on any atom is 0.341 e. The molecular formula is C17H15F2NO3. The van der Waals surface area contributed by atoms with Crippen LogP contribution in [0.3, 0.4) is 0 Å². The van der Waals surface area contributed by atoms with E-state index in [0.29, 0.717) is 0 Å². The van der Waals surface area contributed by atoms with Crippen LogP contribution in [0.2, 0.25) is 0 Å². The minimum absolute atomic E-state index is 0.270. The molecule has 0 bridgehead atoms. The van der Waals surface area contributed by atoms with E-state index in [9.17, 15) is 18.4 Å². The van der Waals surface area contributed by atoms with Gasteiger partial charge in [-0.2, -0.15) is 0 Å². The second kappa shape index (κ2) is 7.49. The van der Waals surface area contributed by atoms with Crippen LogP contribution in [0.25, 0.3) is 0 Å². The Morgan fingerprint density at radius 2 is 1.83 bits per heavy atom. The summed E-state index contributed by atoms with van der Waals surface area (Å²) in [5.74, 6) is -3.30. The molecule has 0 fully saturated rings. The predicted octanol–water partition coefficient (Wildman–Crippen LogP) is 3.00. The van der Waals surface area contributed by atoms with Gasteiger partial charge in [0.1, 0.15) is 11.6 Å². The van der Waals surface area contributed by atoms with Crippen molar-refractivity contribution in [1.29, 1.82) is 0 Å². The minimum Gasteiger partial charge on any atom is -0.452 e. The Bertz CT molecular complexity index is 704. The molecule has 2 aromatic rings. The number of carbonyl (C=O) groups excluding carboxylic acids is 2. The number of hydrogen-bond donors (Lipinski definition) is 1. The number of hydrogen-bond acceptors (Lipinski definition) is 3. The molecule has 4 nitrogen and oxygen atoms in total. The van der Waals surface area contributed by atoms with Crippen molar-refractivity contribution in [1.82, 2.24) is 5.32 Å². The summed E-state index contributed by atoms with van der Waals surface area (Å²) >= 11 is 0. The monoisotopic (exact) mass is 319 g/mol. The quantitative estimate of drug-likeness (QED) is 0.862. The lowest BCUT2D eigenvalue weighted by molar-refractivity contribution is -0.124. The van der Waals surface area contributed by atoms with Crippen molar-refractivity contribution in [2.75, 3.05) is 6.61 Å². The van der Waals surface area contributed by atoms with Gasteiger partial charge in [-0.3, -0.25) is 4.79 Å². The predicted molar refractivity (Wildman–Crippen MR) is 79.6 cm³/mol. The number of amides is 1. The molecular weight excluding hydrogens is 304 g/mol. The van der Waals surface area contributed by atoms with Crippen LogP contribution in [-0.2, 0) is 9.53 Å². The van der Waals surface area contributed by atoms with Gasteiger partial charge in [0, 0.05) is 0 Å². The fourth-order valence-electron chi connectivity index (χ4n) is 1.97. The van der Waals surface area contributed by atoms with E-state index in [1.807, 2.05) is 30.3 Å². The fourth-order valence-corrected chi connectivity index (χ4v) is 1.97. The summed E-state index contributed by atoms with van der Waals surface area (Å²) < 4.78 is 31.1. The molecule has 0 aliphatic carbocycles. The van der Waals surface area contributed by atoms with E-state index in [2.05, 4.69) is 5.32 Å². The van der Waals surface area contributed by atoms with E-state index in [0.717, 1.165) is 23.8 Å². The molecule has 0 saturated carbocycles. The molecule has 120 valence electrons. The van der Waals surface area contributed by atoms with E-state index >= 15 is 0 Å². The van der Waals surface area contributed by atoms with Gasteiger partial charge in [-0.15, -0.1) is 0 Å².